The van der Waals surface area contributed by atoms with Crippen LogP contribution < -0.4 is 9.05 Å². The van der Waals surface area contributed by atoms with Gasteiger partial charge in [0.25, 0.3) is 5.52 Å². The number of aromatic nitrogens is 1. The van der Waals surface area contributed by atoms with Crippen LogP contribution in [0.1, 0.15) is 52.8 Å². The Bertz CT molecular complexity index is 2500. The van der Waals surface area contributed by atoms with Crippen LogP contribution in [0.4, 0.5) is 5.69 Å². The van der Waals surface area contributed by atoms with Crippen molar-refractivity contribution in [1.82, 2.24) is 4.48 Å². The number of fused-ring (bicyclic) bond motifs is 7. The molecule has 0 saturated carbocycles. The van der Waals surface area contributed by atoms with Gasteiger partial charge in [0.15, 0.2) is 17.3 Å². The van der Waals surface area contributed by atoms with E-state index in [-0.39, 0.29) is 21.9 Å². The van der Waals surface area contributed by atoms with Crippen LogP contribution in [0, 0.1) is 0 Å². The lowest BCUT2D eigenvalue weighted by Gasteiger charge is -2.62. The fourth-order valence-corrected chi connectivity index (χ4v) is 12.9. The number of nitrogens with zero attached hydrogens (tertiary/aromatic N) is 3. The zero-order valence-corrected chi connectivity index (χ0v) is 32.4. The summed E-state index contributed by atoms with van der Waals surface area (Å²) in [5, 5.41) is 4.71. The van der Waals surface area contributed by atoms with Crippen LogP contribution in [0.3, 0.4) is 0 Å². The molecule has 1 saturated heterocycles. The lowest BCUT2D eigenvalue weighted by molar-refractivity contribution is -0.973. The van der Waals surface area contributed by atoms with Crippen molar-refractivity contribution in [2.24, 2.45) is 0 Å². The van der Waals surface area contributed by atoms with Gasteiger partial charge >= 0.3 is 21.0 Å². The van der Waals surface area contributed by atoms with E-state index in [1.54, 1.807) is 11.8 Å². The highest BCUT2D eigenvalue weighted by molar-refractivity contribution is 8.03. The molecule has 1 N–H and O–H groups in total. The molecule has 0 bridgehead atoms. The van der Waals surface area contributed by atoms with E-state index in [0.29, 0.717) is 50.5 Å². The van der Waals surface area contributed by atoms with Gasteiger partial charge in [-0.05, 0) is 79.6 Å². The third-order valence-corrected chi connectivity index (χ3v) is 15.3. The molecule has 13 heteroatoms. The van der Waals surface area contributed by atoms with E-state index in [2.05, 4.69) is 18.2 Å². The maximum absolute atomic E-state index is 14.2. The molecule has 2 atom stereocenters. The molecule has 0 aliphatic carbocycles. The number of quaternary nitrogens is 2. The molecule has 1 fully saturated rings. The van der Waals surface area contributed by atoms with Gasteiger partial charge in [0, 0.05) is 23.6 Å². The topological polar surface area (TPSA) is 129 Å². The summed E-state index contributed by atoms with van der Waals surface area (Å²) >= 11 is 1.55. The van der Waals surface area contributed by atoms with Crippen LogP contribution in [-0.4, -0.2) is 67.4 Å². The summed E-state index contributed by atoms with van der Waals surface area (Å²) in [7, 11) is -9.07. The average Bonchev–Trinajstić information content (AvgIpc) is 3.65. The first kappa shape index (κ1) is 36.8. The van der Waals surface area contributed by atoms with Crippen LogP contribution in [0.5, 0.6) is 0 Å². The van der Waals surface area contributed by atoms with Crippen molar-refractivity contribution >= 4 is 76.4 Å². The second-order valence-electron chi connectivity index (χ2n) is 13.7. The first-order chi connectivity index (χ1) is 24.8. The van der Waals surface area contributed by atoms with E-state index in [1.165, 1.54) is 0 Å². The Hall–Kier alpha value is -3.56. The van der Waals surface area contributed by atoms with Crippen LogP contribution >= 0.6 is 11.8 Å². The standard InChI is InChI=1S/C39H44N3O7S3/c1-5-28(26-35-40(23-13-25-51(43,44)45)37-31-16-11-9-14-29(31)18-20-33(37)49-35)27-36-42(38-32-17-12-10-15-30(32)19-21-34(38)50-36)24-22-39(42,52(46,47)48)41(6-2,7-3)8-4/h9-12,14-21,26-27H,5-8,13,22-25H2,1-4H3/q+1/p+1. The molecule has 2 unspecified atom stereocenters. The van der Waals surface area contributed by atoms with E-state index in [4.69, 9.17) is 4.42 Å². The van der Waals surface area contributed by atoms with Gasteiger partial charge in [-0.3, -0.25) is 9.04 Å². The Balaban J connectivity index is 1.48. The van der Waals surface area contributed by atoms with Gasteiger partial charge in [-0.1, -0.05) is 55.5 Å². The number of aryl methyl sites for hydroxylation is 1. The highest BCUT2D eigenvalue weighted by Gasteiger charge is 2.82. The fourth-order valence-electron chi connectivity index (χ4n) is 8.99. The number of thioether (sulfide) groups is 1. The molecule has 52 heavy (non-hydrogen) atoms. The zero-order valence-electron chi connectivity index (χ0n) is 29.9. The maximum Gasteiger partial charge on any atom is 0.378 e. The largest absolute Gasteiger partial charge is 0.748 e. The van der Waals surface area contributed by atoms with Gasteiger partial charge < -0.3 is 8.97 Å². The quantitative estimate of drug-likeness (QED) is 0.0785. The van der Waals surface area contributed by atoms with Crippen molar-refractivity contribution in [2.75, 3.05) is 31.9 Å². The summed E-state index contributed by atoms with van der Waals surface area (Å²) in [4.78, 5) is -0.612. The molecule has 2 aliphatic rings. The zero-order chi connectivity index (χ0) is 37.1. The number of allylic oxidation sites excluding steroid dienone is 2. The number of hydrogen-bond acceptors (Lipinski definition) is 7. The van der Waals surface area contributed by atoms with E-state index < -0.39 is 31.0 Å². The molecule has 7 rings (SSSR count). The second kappa shape index (κ2) is 13.4. The maximum atomic E-state index is 14.2. The van der Waals surface area contributed by atoms with Crippen molar-refractivity contribution < 1.29 is 39.4 Å². The third-order valence-electron chi connectivity index (χ3n) is 11.6. The highest BCUT2D eigenvalue weighted by Crippen LogP contribution is 2.66. The van der Waals surface area contributed by atoms with Gasteiger partial charge in [-0.2, -0.15) is 17.5 Å². The molecule has 274 valence electrons. The van der Waals surface area contributed by atoms with Crippen LogP contribution in [0.15, 0.2) is 98.8 Å². The van der Waals surface area contributed by atoms with Crippen LogP contribution in [0.2, 0.25) is 0 Å². The molecule has 2 aliphatic heterocycles. The van der Waals surface area contributed by atoms with Gasteiger partial charge in [-0.15, -0.1) is 0 Å². The second-order valence-corrected chi connectivity index (χ2v) is 17.9. The molecule has 10 nitrogen and oxygen atoms in total. The highest BCUT2D eigenvalue weighted by atomic mass is 32.2. The van der Waals surface area contributed by atoms with Crippen molar-refractivity contribution in [2.45, 2.75) is 63.4 Å². The Morgan fingerprint density at radius 2 is 1.58 bits per heavy atom. The normalized spacial score (nSPS) is 21.8. The van der Waals surface area contributed by atoms with Gasteiger partial charge in [0.1, 0.15) is 13.0 Å². The smallest absolute Gasteiger partial charge is 0.378 e. The summed E-state index contributed by atoms with van der Waals surface area (Å²) in [5.41, 5.74) is 3.19. The molecule has 0 radical (unpaired) electrons. The lowest BCUT2D eigenvalue weighted by Crippen LogP contribution is -2.88. The fraction of sp³-hybridized carbons (Fsp3) is 0.359. The first-order valence-electron chi connectivity index (χ1n) is 17.9. The lowest BCUT2D eigenvalue weighted by atomic mass is 9.94. The van der Waals surface area contributed by atoms with E-state index in [9.17, 15) is 25.9 Å². The Morgan fingerprint density at radius 3 is 2.17 bits per heavy atom. The summed E-state index contributed by atoms with van der Waals surface area (Å²) in [6.45, 7) is 10.3. The molecule has 3 heterocycles. The number of benzene rings is 4. The Kier molecular flexibility index (Phi) is 9.47. The molecular formula is C39H45N3O7S3+2. The average molecular weight is 764 g/mol. The molecule has 5 aromatic rings. The minimum atomic E-state index is -4.65. The van der Waals surface area contributed by atoms with Gasteiger partial charge in [-0.25, -0.2) is 8.42 Å². The van der Waals surface area contributed by atoms with Crippen molar-refractivity contribution in [3.05, 3.63) is 95.4 Å². The van der Waals surface area contributed by atoms with Crippen LogP contribution in [0.25, 0.3) is 38.7 Å². The number of rotatable bonds is 12. The van der Waals surface area contributed by atoms with Crippen molar-refractivity contribution in [3.8, 4) is 0 Å². The monoisotopic (exact) mass is 763 g/mol. The molecule has 1 aromatic heterocycles. The summed E-state index contributed by atoms with van der Waals surface area (Å²) in [5.74, 6) is -0.00989. The Labute approximate surface area is 309 Å². The molecule has 0 amide bonds. The van der Waals surface area contributed by atoms with Gasteiger partial charge in [0.05, 0.1) is 46.1 Å². The van der Waals surface area contributed by atoms with E-state index in [0.717, 1.165) is 48.2 Å². The first-order valence-corrected chi connectivity index (χ1v) is 21.7. The predicted octanol–water partition coefficient (Wildman–Crippen LogP) is 7.53. The number of hydrogen-bond donors (Lipinski definition) is 1. The Morgan fingerprint density at radius 1 is 0.942 bits per heavy atom. The van der Waals surface area contributed by atoms with Crippen molar-refractivity contribution in [1.29, 1.82) is 0 Å². The van der Waals surface area contributed by atoms with Crippen molar-refractivity contribution in [3.63, 3.8) is 0 Å². The minimum absolute atomic E-state index is 0.00776. The van der Waals surface area contributed by atoms with Gasteiger partial charge in [0.2, 0.25) is 5.58 Å². The number of oxazole rings is 1. The summed E-state index contributed by atoms with van der Waals surface area (Å²) in [6.07, 6.45) is 4.97. The van der Waals surface area contributed by atoms with Crippen LogP contribution in [-0.2, 0) is 26.8 Å². The van der Waals surface area contributed by atoms with E-state index >= 15 is 0 Å². The predicted molar refractivity (Wildman–Crippen MR) is 207 cm³/mol. The summed E-state index contributed by atoms with van der Waals surface area (Å²) in [6, 6.07) is 23.9. The minimum Gasteiger partial charge on any atom is -0.748 e. The third kappa shape index (κ3) is 5.47. The molecule has 1 spiro atoms. The van der Waals surface area contributed by atoms with E-state index in [1.807, 2.05) is 99.0 Å². The summed E-state index contributed by atoms with van der Waals surface area (Å²) < 4.78 is 83.3. The molecular weight excluding hydrogens is 719 g/mol. The molecule has 4 aromatic carbocycles. The SMILES string of the molecule is CCC(=Cc1oc2ccc3ccccc3c2[n+]1CCCS(=O)(=O)[O-])C=C1Sc2ccc3ccccc3c2[N+]12CCC2([N+](CC)(CC)CC)S(=O)(=O)O.